The van der Waals surface area contributed by atoms with Gasteiger partial charge in [0, 0.05) is 6.04 Å². The molecule has 0 amide bonds. The topological polar surface area (TPSA) is 71.1 Å². The van der Waals surface area contributed by atoms with Crippen molar-refractivity contribution in [3.8, 4) is 0 Å². The van der Waals surface area contributed by atoms with Gasteiger partial charge in [0.1, 0.15) is 0 Å². The van der Waals surface area contributed by atoms with Gasteiger partial charge in [0.15, 0.2) is 0 Å². The van der Waals surface area contributed by atoms with Crippen LogP contribution in [0.1, 0.15) is 25.7 Å². The van der Waals surface area contributed by atoms with Crippen molar-refractivity contribution in [2.24, 2.45) is 0 Å². The summed E-state index contributed by atoms with van der Waals surface area (Å²) in [7, 11) is -3.26. The van der Waals surface area contributed by atoms with E-state index in [2.05, 4.69) is 15.0 Å². The molecule has 2 N–H and O–H groups in total. The Bertz CT molecular complexity index is 708. The van der Waals surface area contributed by atoms with E-state index in [0.29, 0.717) is 18.2 Å². The van der Waals surface area contributed by atoms with Gasteiger partial charge >= 0.3 is 0 Å². The molecule has 21 heavy (non-hydrogen) atoms. The van der Waals surface area contributed by atoms with Gasteiger partial charge in [0.2, 0.25) is 10.0 Å². The minimum absolute atomic E-state index is 0.167. The van der Waals surface area contributed by atoms with Crippen LogP contribution in [-0.4, -0.2) is 31.7 Å². The number of hydrogen-bond acceptors (Lipinski definition) is 5. The second-order valence-electron chi connectivity index (χ2n) is 5.39. The minimum Gasteiger partial charge on any atom is -0.314 e. The second kappa shape index (κ2) is 6.29. The van der Waals surface area contributed by atoms with Crippen molar-refractivity contribution in [1.82, 2.24) is 10.3 Å². The van der Waals surface area contributed by atoms with E-state index in [1.54, 1.807) is 11.6 Å². The number of nitrogens with one attached hydrogen (secondary N) is 2. The van der Waals surface area contributed by atoms with E-state index in [9.17, 15) is 8.42 Å². The molecule has 1 fully saturated rings. The Kier molecular flexibility index (Phi) is 4.42. The number of hydrogen-bond donors (Lipinski definition) is 2. The number of benzene rings is 1. The molecule has 0 bridgehead atoms. The number of fused-ring (bicyclic) bond motifs is 1. The van der Waals surface area contributed by atoms with Gasteiger partial charge in [0.25, 0.3) is 0 Å². The van der Waals surface area contributed by atoms with Crippen LogP contribution < -0.4 is 10.0 Å². The van der Waals surface area contributed by atoms with Gasteiger partial charge in [-0.3, -0.25) is 4.72 Å². The van der Waals surface area contributed by atoms with Gasteiger partial charge in [0.05, 0.1) is 27.2 Å². The number of nitrogens with zero attached hydrogens (tertiary/aromatic N) is 1. The van der Waals surface area contributed by atoms with Crippen molar-refractivity contribution in [1.29, 1.82) is 0 Å². The van der Waals surface area contributed by atoms with Gasteiger partial charge in [-0.2, -0.15) is 0 Å². The highest BCUT2D eigenvalue weighted by Gasteiger charge is 2.19. The Morgan fingerprint density at radius 1 is 1.29 bits per heavy atom. The maximum absolute atomic E-state index is 12.0. The lowest BCUT2D eigenvalue weighted by molar-refractivity contribution is 0.591. The third-order valence-electron chi connectivity index (χ3n) is 3.45. The Morgan fingerprint density at radius 3 is 2.95 bits per heavy atom. The summed E-state index contributed by atoms with van der Waals surface area (Å²) in [5.74, 6) is 0.167. The molecule has 0 aliphatic heterocycles. The number of rotatable bonds is 8. The van der Waals surface area contributed by atoms with Crippen LogP contribution in [0.4, 0.5) is 5.69 Å². The summed E-state index contributed by atoms with van der Waals surface area (Å²) in [5, 5.41) is 3.39. The normalized spacial score (nSPS) is 15.4. The van der Waals surface area contributed by atoms with Gasteiger partial charge < -0.3 is 5.32 Å². The molecule has 0 atom stereocenters. The van der Waals surface area contributed by atoms with E-state index in [0.717, 1.165) is 23.2 Å². The zero-order chi connectivity index (χ0) is 14.7. The van der Waals surface area contributed by atoms with Crippen LogP contribution in [0.15, 0.2) is 23.7 Å². The molecule has 0 saturated heterocycles. The molecule has 1 aromatic heterocycles. The Hall–Kier alpha value is -1.18. The van der Waals surface area contributed by atoms with Gasteiger partial charge in [-0.15, -0.1) is 11.3 Å². The van der Waals surface area contributed by atoms with Crippen molar-refractivity contribution in [2.45, 2.75) is 31.7 Å². The van der Waals surface area contributed by atoms with Crippen LogP contribution in [-0.2, 0) is 10.0 Å². The summed E-state index contributed by atoms with van der Waals surface area (Å²) in [6.45, 7) is 0.910. The first-order valence-electron chi connectivity index (χ1n) is 7.19. The van der Waals surface area contributed by atoms with Gasteiger partial charge in [-0.05, 0) is 50.4 Å². The molecule has 5 nitrogen and oxygen atoms in total. The fourth-order valence-electron chi connectivity index (χ4n) is 2.16. The average Bonchev–Trinajstić information content (AvgIpc) is 3.14. The number of sulfonamides is 1. The number of anilines is 1. The van der Waals surface area contributed by atoms with Crippen LogP contribution in [0.3, 0.4) is 0 Å². The smallest absolute Gasteiger partial charge is 0.232 e. The highest BCUT2D eigenvalue weighted by Crippen LogP contribution is 2.22. The monoisotopic (exact) mass is 325 g/mol. The highest BCUT2D eigenvalue weighted by molar-refractivity contribution is 7.92. The summed E-state index contributed by atoms with van der Waals surface area (Å²) in [6.07, 6.45) is 4.10. The molecule has 1 aliphatic carbocycles. The molecule has 0 radical (unpaired) electrons. The van der Waals surface area contributed by atoms with Crippen molar-refractivity contribution in [3.63, 3.8) is 0 Å². The van der Waals surface area contributed by atoms with Crippen molar-refractivity contribution >= 4 is 37.3 Å². The zero-order valence-electron chi connectivity index (χ0n) is 11.7. The summed E-state index contributed by atoms with van der Waals surface area (Å²) in [5.41, 5.74) is 3.27. The largest absolute Gasteiger partial charge is 0.314 e. The molecule has 1 aliphatic rings. The molecule has 2 aromatic rings. The molecule has 3 rings (SSSR count). The molecular weight excluding hydrogens is 306 g/mol. The lowest BCUT2D eigenvalue weighted by atomic mass is 10.3. The van der Waals surface area contributed by atoms with E-state index in [-0.39, 0.29) is 5.75 Å². The van der Waals surface area contributed by atoms with Crippen LogP contribution in [0.2, 0.25) is 0 Å². The summed E-state index contributed by atoms with van der Waals surface area (Å²) in [6, 6.07) is 6.11. The molecule has 114 valence electrons. The first kappa shape index (κ1) is 14.7. The summed E-state index contributed by atoms with van der Waals surface area (Å²) in [4.78, 5) is 4.18. The number of thiazole rings is 1. The minimum atomic E-state index is -3.26. The first-order valence-corrected chi connectivity index (χ1v) is 9.73. The highest BCUT2D eigenvalue weighted by atomic mass is 32.2. The predicted molar refractivity (Wildman–Crippen MR) is 87.3 cm³/mol. The van der Waals surface area contributed by atoms with E-state index in [1.165, 1.54) is 24.2 Å². The van der Waals surface area contributed by atoms with Crippen LogP contribution in [0.5, 0.6) is 0 Å². The van der Waals surface area contributed by atoms with Crippen LogP contribution in [0.25, 0.3) is 10.2 Å². The predicted octanol–water partition coefficient (Wildman–Crippen LogP) is 2.57. The Balaban J connectivity index is 1.49. The standard InChI is InChI=1S/C14H19N3O2S2/c18-21(19,8-2-1-7-15-11-3-4-11)17-12-5-6-13-14(9-12)20-10-16-13/h5-6,9-11,15,17H,1-4,7-8H2. The molecule has 0 unspecified atom stereocenters. The van der Waals surface area contributed by atoms with Crippen molar-refractivity contribution in [2.75, 3.05) is 17.0 Å². The maximum Gasteiger partial charge on any atom is 0.232 e. The van der Waals surface area contributed by atoms with Crippen molar-refractivity contribution in [3.05, 3.63) is 23.7 Å². The lowest BCUT2D eigenvalue weighted by Gasteiger charge is -2.08. The average molecular weight is 325 g/mol. The Morgan fingerprint density at radius 2 is 2.14 bits per heavy atom. The van der Waals surface area contributed by atoms with Crippen molar-refractivity contribution < 1.29 is 8.42 Å². The van der Waals surface area contributed by atoms with E-state index in [1.807, 2.05) is 12.1 Å². The first-order chi connectivity index (χ1) is 10.1. The third-order valence-corrected chi connectivity index (χ3v) is 5.62. The van der Waals surface area contributed by atoms with Crippen LogP contribution in [0, 0.1) is 0 Å². The lowest BCUT2D eigenvalue weighted by Crippen LogP contribution is -2.20. The molecule has 1 saturated carbocycles. The summed E-state index contributed by atoms with van der Waals surface area (Å²) < 4.78 is 27.7. The van der Waals surface area contributed by atoms with E-state index >= 15 is 0 Å². The van der Waals surface area contributed by atoms with E-state index in [4.69, 9.17) is 0 Å². The third kappa shape index (κ3) is 4.39. The van der Waals surface area contributed by atoms with Crippen LogP contribution >= 0.6 is 11.3 Å². The molecular formula is C14H19N3O2S2. The van der Waals surface area contributed by atoms with Gasteiger partial charge in [-0.25, -0.2) is 13.4 Å². The Labute approximate surface area is 128 Å². The molecule has 7 heteroatoms. The zero-order valence-corrected chi connectivity index (χ0v) is 13.3. The fourth-order valence-corrected chi connectivity index (χ4v) is 4.05. The summed E-state index contributed by atoms with van der Waals surface area (Å²) >= 11 is 1.51. The number of aromatic nitrogens is 1. The second-order valence-corrected chi connectivity index (χ2v) is 8.12. The SMILES string of the molecule is O=S(=O)(CCCCNC1CC1)Nc1ccc2ncsc2c1. The maximum atomic E-state index is 12.0. The van der Waals surface area contributed by atoms with E-state index < -0.39 is 10.0 Å². The molecule has 0 spiro atoms. The molecule has 1 heterocycles. The molecule has 1 aromatic carbocycles. The quantitative estimate of drug-likeness (QED) is 0.732. The van der Waals surface area contributed by atoms with Gasteiger partial charge in [-0.1, -0.05) is 0 Å². The fraction of sp³-hybridized carbons (Fsp3) is 0.500. The number of unbranched alkanes of at least 4 members (excludes halogenated alkanes) is 1.